The number of carbonyl (C=O) groups excluding carboxylic acids is 1. The topological polar surface area (TPSA) is 79.5 Å². The Hall–Kier alpha value is -2.56. The first-order valence-corrected chi connectivity index (χ1v) is 7.11. The molecular weight excluding hydrogens is 282 g/mol. The highest BCUT2D eigenvalue weighted by molar-refractivity contribution is 5.92. The quantitative estimate of drug-likeness (QED) is 0.876. The lowest BCUT2D eigenvalue weighted by molar-refractivity contribution is -0.116. The maximum Gasteiger partial charge on any atom is 0.371 e. The minimum Gasteiger partial charge on any atom is -0.475 e. The molecule has 0 saturated carbocycles. The maximum atomic E-state index is 11.8. The van der Waals surface area contributed by atoms with E-state index >= 15 is 0 Å². The van der Waals surface area contributed by atoms with Crippen LogP contribution in [0, 0.1) is 12.8 Å². The summed E-state index contributed by atoms with van der Waals surface area (Å²) in [5, 5.41) is 11.8. The minimum atomic E-state index is -1.11. The molecule has 1 aromatic carbocycles. The van der Waals surface area contributed by atoms with E-state index in [1.54, 1.807) is 12.1 Å². The molecule has 0 bridgehead atoms. The van der Waals surface area contributed by atoms with Gasteiger partial charge >= 0.3 is 5.97 Å². The summed E-state index contributed by atoms with van der Waals surface area (Å²) in [5.74, 6) is -0.507. The Morgan fingerprint density at radius 3 is 2.55 bits per heavy atom. The van der Waals surface area contributed by atoms with Crippen LogP contribution in [0.3, 0.4) is 0 Å². The smallest absolute Gasteiger partial charge is 0.371 e. The molecule has 0 unspecified atom stereocenters. The Balaban J connectivity index is 2.26. The van der Waals surface area contributed by atoms with Crippen LogP contribution < -0.4 is 5.32 Å². The second-order valence-electron chi connectivity index (χ2n) is 5.64. The second kappa shape index (κ2) is 6.47. The summed E-state index contributed by atoms with van der Waals surface area (Å²) in [6, 6.07) is 8.51. The van der Waals surface area contributed by atoms with Crippen molar-refractivity contribution in [1.29, 1.82) is 0 Å². The lowest BCUT2D eigenvalue weighted by Gasteiger charge is -2.10. The number of aryl methyl sites for hydroxylation is 1. The Morgan fingerprint density at radius 1 is 1.23 bits per heavy atom. The molecule has 22 heavy (non-hydrogen) atoms. The number of rotatable bonds is 5. The Bertz CT molecular complexity index is 700. The van der Waals surface area contributed by atoms with Gasteiger partial charge in [-0.15, -0.1) is 0 Å². The Kier molecular flexibility index (Phi) is 4.65. The second-order valence-corrected chi connectivity index (χ2v) is 5.64. The summed E-state index contributed by atoms with van der Waals surface area (Å²) in [6.45, 7) is 5.87. The summed E-state index contributed by atoms with van der Waals surface area (Å²) < 4.78 is 5.32. The monoisotopic (exact) mass is 301 g/mol. The van der Waals surface area contributed by atoms with Gasteiger partial charge in [-0.05, 0) is 42.7 Å². The molecule has 0 atom stereocenters. The summed E-state index contributed by atoms with van der Waals surface area (Å²) >= 11 is 0. The van der Waals surface area contributed by atoms with Crippen molar-refractivity contribution in [2.45, 2.75) is 27.2 Å². The number of nitrogens with one attached hydrogen (secondary N) is 1. The third-order valence-electron chi connectivity index (χ3n) is 3.20. The molecule has 1 amide bonds. The lowest BCUT2D eigenvalue weighted by atomic mass is 10.1. The molecule has 2 rings (SSSR count). The average molecular weight is 301 g/mol. The van der Waals surface area contributed by atoms with Crippen molar-refractivity contribution in [2.75, 3.05) is 5.32 Å². The first kappa shape index (κ1) is 15.8. The molecule has 2 aromatic rings. The van der Waals surface area contributed by atoms with Gasteiger partial charge in [0.1, 0.15) is 5.76 Å². The number of carboxylic acids is 1. The number of hydrogen-bond donors (Lipinski definition) is 2. The molecule has 0 spiro atoms. The largest absolute Gasteiger partial charge is 0.475 e. The molecule has 0 radical (unpaired) electrons. The van der Waals surface area contributed by atoms with Crippen molar-refractivity contribution in [3.8, 4) is 11.3 Å². The summed E-state index contributed by atoms with van der Waals surface area (Å²) in [7, 11) is 0. The molecule has 0 aliphatic carbocycles. The zero-order valence-electron chi connectivity index (χ0n) is 12.8. The van der Waals surface area contributed by atoms with Gasteiger partial charge in [0.15, 0.2) is 0 Å². The van der Waals surface area contributed by atoms with E-state index in [4.69, 9.17) is 9.52 Å². The van der Waals surface area contributed by atoms with Crippen LogP contribution >= 0.6 is 0 Å². The van der Waals surface area contributed by atoms with Crippen LogP contribution in [0.4, 0.5) is 5.69 Å². The standard InChI is InChI=1S/C17H19NO4/c1-10(2)8-16(19)18-12-5-4-11(3)13(9-12)14-6-7-15(22-14)17(20)21/h4-7,9-10H,8H2,1-3H3,(H,18,19)(H,20,21). The van der Waals surface area contributed by atoms with Crippen LogP contribution in [0.1, 0.15) is 36.4 Å². The van der Waals surface area contributed by atoms with Crippen molar-refractivity contribution < 1.29 is 19.1 Å². The first-order valence-electron chi connectivity index (χ1n) is 7.11. The van der Waals surface area contributed by atoms with Gasteiger partial charge in [-0.1, -0.05) is 19.9 Å². The first-order chi connectivity index (χ1) is 10.4. The van der Waals surface area contributed by atoms with Gasteiger partial charge in [0.05, 0.1) is 0 Å². The van der Waals surface area contributed by atoms with E-state index in [0.29, 0.717) is 17.9 Å². The van der Waals surface area contributed by atoms with E-state index in [-0.39, 0.29) is 17.6 Å². The van der Waals surface area contributed by atoms with Crippen LogP contribution in [0.15, 0.2) is 34.7 Å². The van der Waals surface area contributed by atoms with E-state index in [1.165, 1.54) is 6.07 Å². The van der Waals surface area contributed by atoms with Gasteiger partial charge in [0.2, 0.25) is 11.7 Å². The third kappa shape index (κ3) is 3.75. The van der Waals surface area contributed by atoms with Crippen LogP contribution in [0.2, 0.25) is 0 Å². The molecule has 0 aliphatic rings. The fourth-order valence-corrected chi connectivity index (χ4v) is 2.15. The lowest BCUT2D eigenvalue weighted by Crippen LogP contribution is -2.13. The highest BCUT2D eigenvalue weighted by Gasteiger charge is 2.13. The van der Waals surface area contributed by atoms with Gasteiger partial charge in [0, 0.05) is 17.7 Å². The Labute approximate surface area is 129 Å². The van der Waals surface area contributed by atoms with E-state index in [1.807, 2.05) is 32.9 Å². The minimum absolute atomic E-state index is 0.0459. The Morgan fingerprint density at radius 2 is 1.95 bits per heavy atom. The number of hydrogen-bond acceptors (Lipinski definition) is 3. The van der Waals surface area contributed by atoms with Gasteiger partial charge in [-0.2, -0.15) is 0 Å². The zero-order valence-corrected chi connectivity index (χ0v) is 12.8. The van der Waals surface area contributed by atoms with Crippen molar-refractivity contribution in [3.05, 3.63) is 41.7 Å². The zero-order chi connectivity index (χ0) is 16.3. The summed E-state index contributed by atoms with van der Waals surface area (Å²) in [6.07, 6.45) is 0.452. The molecule has 1 heterocycles. The molecule has 1 aromatic heterocycles. The van der Waals surface area contributed by atoms with E-state index in [0.717, 1.165) is 11.1 Å². The van der Waals surface area contributed by atoms with Gasteiger partial charge in [0.25, 0.3) is 0 Å². The van der Waals surface area contributed by atoms with Crippen LogP contribution in [0.5, 0.6) is 0 Å². The summed E-state index contributed by atoms with van der Waals surface area (Å²) in [4.78, 5) is 22.7. The SMILES string of the molecule is Cc1ccc(NC(=O)CC(C)C)cc1-c1ccc(C(=O)O)o1. The highest BCUT2D eigenvalue weighted by Crippen LogP contribution is 2.28. The molecule has 5 nitrogen and oxygen atoms in total. The van der Waals surface area contributed by atoms with Crippen molar-refractivity contribution in [3.63, 3.8) is 0 Å². The van der Waals surface area contributed by atoms with Crippen LogP contribution in [0.25, 0.3) is 11.3 Å². The molecule has 0 saturated heterocycles. The summed E-state index contributed by atoms with van der Waals surface area (Å²) in [5.41, 5.74) is 2.36. The fraction of sp³-hybridized carbons (Fsp3) is 0.294. The number of amides is 1. The van der Waals surface area contributed by atoms with Gasteiger partial charge in [-0.25, -0.2) is 4.79 Å². The van der Waals surface area contributed by atoms with Gasteiger partial charge in [-0.3, -0.25) is 4.79 Å². The molecule has 0 fully saturated rings. The number of anilines is 1. The van der Waals surface area contributed by atoms with E-state index in [2.05, 4.69) is 5.32 Å². The number of aromatic carboxylic acids is 1. The molecule has 0 aliphatic heterocycles. The van der Waals surface area contributed by atoms with E-state index < -0.39 is 5.97 Å². The third-order valence-corrected chi connectivity index (χ3v) is 3.20. The van der Waals surface area contributed by atoms with Crippen molar-refractivity contribution in [1.82, 2.24) is 0 Å². The molecule has 5 heteroatoms. The maximum absolute atomic E-state index is 11.8. The molecule has 116 valence electrons. The predicted octanol–water partition coefficient (Wildman–Crippen LogP) is 3.94. The normalized spacial score (nSPS) is 10.7. The number of furan rings is 1. The highest BCUT2D eigenvalue weighted by atomic mass is 16.4. The molecule has 2 N–H and O–H groups in total. The van der Waals surface area contributed by atoms with Gasteiger partial charge < -0.3 is 14.8 Å². The number of benzene rings is 1. The predicted molar refractivity (Wildman–Crippen MR) is 83.9 cm³/mol. The molecular formula is C17H19NO4. The van der Waals surface area contributed by atoms with Crippen LogP contribution in [-0.2, 0) is 4.79 Å². The van der Waals surface area contributed by atoms with Crippen LogP contribution in [-0.4, -0.2) is 17.0 Å². The average Bonchev–Trinajstić information content (AvgIpc) is 2.89. The van der Waals surface area contributed by atoms with Crippen molar-refractivity contribution >= 4 is 17.6 Å². The van der Waals surface area contributed by atoms with E-state index in [9.17, 15) is 9.59 Å². The number of carboxylic acid groups (broad SMARTS) is 1. The number of carbonyl (C=O) groups is 2. The fourth-order valence-electron chi connectivity index (χ4n) is 2.15. The van der Waals surface area contributed by atoms with Crippen molar-refractivity contribution in [2.24, 2.45) is 5.92 Å².